The molecule has 0 aliphatic rings. The first-order chi connectivity index (χ1) is 6.63. The van der Waals surface area contributed by atoms with Crippen molar-refractivity contribution in [1.82, 2.24) is 0 Å². The van der Waals surface area contributed by atoms with Gasteiger partial charge in [0.2, 0.25) is 0 Å². The highest BCUT2D eigenvalue weighted by Gasteiger charge is 2.10. The molecule has 1 rings (SSSR count). The summed E-state index contributed by atoms with van der Waals surface area (Å²) in [6.45, 7) is 1.85. The third-order valence-electron chi connectivity index (χ3n) is 1.53. The van der Waals surface area contributed by atoms with Crippen molar-refractivity contribution in [3.05, 3.63) is 35.4 Å². The third-order valence-corrected chi connectivity index (χ3v) is 2.09. The van der Waals surface area contributed by atoms with E-state index in [2.05, 4.69) is 8.37 Å². The van der Waals surface area contributed by atoms with Crippen LogP contribution in [0.2, 0.25) is 0 Å². The van der Waals surface area contributed by atoms with E-state index in [-0.39, 0.29) is 0 Å². The van der Waals surface area contributed by atoms with Gasteiger partial charge in [0.15, 0.2) is 0 Å². The molecule has 1 unspecified atom stereocenters. The first-order valence-electron chi connectivity index (χ1n) is 3.89. The molecule has 0 amide bonds. The summed E-state index contributed by atoms with van der Waals surface area (Å²) in [6, 6.07) is 6.81. The van der Waals surface area contributed by atoms with Crippen LogP contribution in [-0.2, 0) is 19.7 Å². The van der Waals surface area contributed by atoms with E-state index in [4.69, 9.17) is 0 Å². The Bertz CT molecular complexity index is 362. The topological polar surface area (TPSA) is 52.6 Å². The molecule has 0 aromatic heterocycles. The summed E-state index contributed by atoms with van der Waals surface area (Å²) < 4.78 is 19.5. The Kier molecular flexibility index (Phi) is 3.79. The molecule has 14 heavy (non-hydrogen) atoms. The smallest absolute Gasteiger partial charge is 0.339 e. The second kappa shape index (κ2) is 4.88. The summed E-state index contributed by atoms with van der Waals surface area (Å²) in [6.07, 6.45) is 0. The number of hydrogen-bond acceptors (Lipinski definition) is 4. The summed E-state index contributed by atoms with van der Waals surface area (Å²) in [4.78, 5) is 11.3. The van der Waals surface area contributed by atoms with Crippen LogP contribution in [0.15, 0.2) is 24.3 Å². The van der Waals surface area contributed by atoms with Gasteiger partial charge in [0.1, 0.15) is 0 Å². The molecule has 0 N–H and O–H groups in total. The van der Waals surface area contributed by atoms with E-state index in [1.54, 1.807) is 18.2 Å². The van der Waals surface area contributed by atoms with Gasteiger partial charge in [0.25, 0.3) is 0 Å². The van der Waals surface area contributed by atoms with Gasteiger partial charge < -0.3 is 4.18 Å². The third kappa shape index (κ3) is 2.93. The van der Waals surface area contributed by atoms with E-state index in [1.807, 2.05) is 13.0 Å². The minimum atomic E-state index is -2.01. The Morgan fingerprint density at radius 1 is 1.43 bits per heavy atom. The van der Waals surface area contributed by atoms with Gasteiger partial charge in [0.05, 0.1) is 12.7 Å². The highest BCUT2D eigenvalue weighted by atomic mass is 32.2. The van der Waals surface area contributed by atoms with E-state index < -0.39 is 17.3 Å². The van der Waals surface area contributed by atoms with E-state index in [0.717, 1.165) is 5.56 Å². The van der Waals surface area contributed by atoms with Crippen LogP contribution in [0.25, 0.3) is 0 Å². The van der Waals surface area contributed by atoms with Gasteiger partial charge in [-0.1, -0.05) is 17.7 Å². The Hall–Kier alpha value is -1.20. The SMILES string of the molecule is COS(=O)OC(=O)c1cccc(C)c1. The Labute approximate surface area is 84.7 Å². The molecule has 5 heteroatoms. The van der Waals surface area contributed by atoms with Gasteiger partial charge in [0, 0.05) is 0 Å². The first-order valence-corrected chi connectivity index (χ1v) is 4.89. The summed E-state index contributed by atoms with van der Waals surface area (Å²) in [7, 11) is 1.19. The summed E-state index contributed by atoms with van der Waals surface area (Å²) >= 11 is -2.01. The first kappa shape index (κ1) is 10.9. The standard InChI is InChI=1S/C9H10O4S/c1-7-4-3-5-8(6-7)9(10)13-14(11)12-2/h3-6H,1-2H3. The number of aryl methyl sites for hydroxylation is 1. The van der Waals surface area contributed by atoms with Crippen LogP contribution in [-0.4, -0.2) is 17.3 Å². The molecule has 0 heterocycles. The average molecular weight is 214 g/mol. The number of rotatable bonds is 3. The van der Waals surface area contributed by atoms with Gasteiger partial charge in [-0.2, -0.15) is 4.21 Å². The predicted octanol–water partition coefficient (Wildman–Crippen LogP) is 1.38. The van der Waals surface area contributed by atoms with Crippen LogP contribution in [0, 0.1) is 6.92 Å². The van der Waals surface area contributed by atoms with Gasteiger partial charge in [-0.05, 0) is 19.1 Å². The normalized spacial score (nSPS) is 12.1. The Balaban J connectivity index is 2.75. The summed E-state index contributed by atoms with van der Waals surface area (Å²) in [5.41, 5.74) is 1.29. The molecule has 4 nitrogen and oxygen atoms in total. The van der Waals surface area contributed by atoms with Crippen LogP contribution < -0.4 is 0 Å². The van der Waals surface area contributed by atoms with Crippen molar-refractivity contribution >= 4 is 17.3 Å². The highest BCUT2D eigenvalue weighted by molar-refractivity contribution is 7.75. The number of carbonyl (C=O) groups is 1. The quantitative estimate of drug-likeness (QED) is 0.762. The maximum Gasteiger partial charge on any atom is 0.362 e. The van der Waals surface area contributed by atoms with Crippen molar-refractivity contribution in [2.24, 2.45) is 0 Å². The van der Waals surface area contributed by atoms with Gasteiger partial charge in [-0.25, -0.2) is 4.79 Å². The predicted molar refractivity (Wildman–Crippen MR) is 51.7 cm³/mol. The van der Waals surface area contributed by atoms with Crippen LogP contribution in [0.1, 0.15) is 15.9 Å². The minimum absolute atomic E-state index is 0.357. The monoisotopic (exact) mass is 214 g/mol. The lowest BCUT2D eigenvalue weighted by Crippen LogP contribution is -2.08. The number of hydrogen-bond donors (Lipinski definition) is 0. The lowest BCUT2D eigenvalue weighted by atomic mass is 10.1. The second-order valence-electron chi connectivity index (χ2n) is 2.61. The molecule has 1 aromatic rings. The molecular weight excluding hydrogens is 204 g/mol. The lowest BCUT2D eigenvalue weighted by Gasteiger charge is -2.01. The molecule has 0 aliphatic heterocycles. The van der Waals surface area contributed by atoms with Crippen molar-refractivity contribution in [2.45, 2.75) is 6.92 Å². The maximum atomic E-state index is 11.3. The van der Waals surface area contributed by atoms with Gasteiger partial charge in [-0.3, -0.25) is 4.18 Å². The summed E-state index contributed by atoms with van der Waals surface area (Å²) in [5, 5.41) is 0. The zero-order valence-corrected chi connectivity index (χ0v) is 8.67. The molecule has 0 saturated carbocycles. The van der Waals surface area contributed by atoms with E-state index in [9.17, 15) is 9.00 Å². The molecule has 0 saturated heterocycles. The fourth-order valence-corrected chi connectivity index (χ4v) is 1.20. The molecule has 0 spiro atoms. The molecule has 1 aromatic carbocycles. The van der Waals surface area contributed by atoms with Crippen molar-refractivity contribution < 1.29 is 17.4 Å². The van der Waals surface area contributed by atoms with Crippen molar-refractivity contribution in [2.75, 3.05) is 7.11 Å². The lowest BCUT2D eigenvalue weighted by molar-refractivity contribution is 0.0738. The average Bonchev–Trinajstić information content (AvgIpc) is 2.17. The number of carbonyl (C=O) groups excluding carboxylic acids is 1. The zero-order valence-electron chi connectivity index (χ0n) is 7.85. The highest BCUT2D eigenvalue weighted by Crippen LogP contribution is 2.06. The van der Waals surface area contributed by atoms with Crippen molar-refractivity contribution in [3.8, 4) is 0 Å². The molecule has 0 radical (unpaired) electrons. The fraction of sp³-hybridized carbons (Fsp3) is 0.222. The molecule has 0 aliphatic carbocycles. The second-order valence-corrected chi connectivity index (χ2v) is 3.52. The molecular formula is C9H10O4S. The van der Waals surface area contributed by atoms with E-state index >= 15 is 0 Å². The van der Waals surface area contributed by atoms with Crippen LogP contribution >= 0.6 is 0 Å². The zero-order chi connectivity index (χ0) is 10.6. The summed E-state index contributed by atoms with van der Waals surface area (Å²) in [5.74, 6) is -0.658. The van der Waals surface area contributed by atoms with E-state index in [1.165, 1.54) is 7.11 Å². The molecule has 1 atom stereocenters. The van der Waals surface area contributed by atoms with Crippen molar-refractivity contribution in [3.63, 3.8) is 0 Å². The van der Waals surface area contributed by atoms with Crippen molar-refractivity contribution in [1.29, 1.82) is 0 Å². The maximum absolute atomic E-state index is 11.3. The van der Waals surface area contributed by atoms with Gasteiger partial charge in [-0.15, -0.1) is 0 Å². The van der Waals surface area contributed by atoms with Crippen LogP contribution in [0.4, 0.5) is 0 Å². The number of benzene rings is 1. The molecule has 0 bridgehead atoms. The van der Waals surface area contributed by atoms with E-state index in [0.29, 0.717) is 5.56 Å². The Morgan fingerprint density at radius 2 is 2.14 bits per heavy atom. The molecule has 76 valence electrons. The van der Waals surface area contributed by atoms with Gasteiger partial charge >= 0.3 is 17.3 Å². The fourth-order valence-electron chi connectivity index (χ4n) is 0.916. The largest absolute Gasteiger partial charge is 0.362 e. The van der Waals surface area contributed by atoms with Crippen LogP contribution in [0.3, 0.4) is 0 Å². The van der Waals surface area contributed by atoms with Crippen LogP contribution in [0.5, 0.6) is 0 Å². The Morgan fingerprint density at radius 3 is 2.71 bits per heavy atom. The molecule has 0 fully saturated rings. The minimum Gasteiger partial charge on any atom is -0.339 e.